The molecule has 0 fully saturated rings. The van der Waals surface area contributed by atoms with Crippen LogP contribution in [0.3, 0.4) is 0 Å². The van der Waals surface area contributed by atoms with E-state index in [1.807, 2.05) is 0 Å². The first-order valence-electron chi connectivity index (χ1n) is 6.42. The van der Waals surface area contributed by atoms with Crippen molar-refractivity contribution >= 4 is 17.7 Å². The molecule has 1 rings (SSSR count). The molecular weight excluding hydrogens is 278 g/mol. The quantitative estimate of drug-likeness (QED) is 0.375. The van der Waals surface area contributed by atoms with Crippen molar-refractivity contribution in [2.45, 2.75) is 20.3 Å². The maximum absolute atomic E-state index is 11.2. The Labute approximate surface area is 121 Å². The highest BCUT2D eigenvalue weighted by Crippen LogP contribution is 2.12. The van der Waals surface area contributed by atoms with Crippen LogP contribution in [-0.4, -0.2) is 30.1 Å². The molecule has 8 nitrogen and oxygen atoms in total. The molecule has 1 amide bonds. The second kappa shape index (κ2) is 8.51. The number of benzene rings is 1. The van der Waals surface area contributed by atoms with Gasteiger partial charge in [-0.05, 0) is 19.4 Å². The van der Waals surface area contributed by atoms with Gasteiger partial charge in [0.25, 0.3) is 5.69 Å². The van der Waals surface area contributed by atoms with E-state index < -0.39 is 11.0 Å². The zero-order valence-corrected chi connectivity index (χ0v) is 11.9. The minimum Gasteiger partial charge on any atom is -0.480 e. The fraction of sp³-hybridized carbons (Fsp3) is 0.385. The van der Waals surface area contributed by atoms with Crippen molar-refractivity contribution in [2.75, 3.05) is 13.2 Å². The first-order valence-corrected chi connectivity index (χ1v) is 6.42. The van der Waals surface area contributed by atoms with Gasteiger partial charge in [-0.1, -0.05) is 12.1 Å². The Morgan fingerprint density at radius 1 is 1.24 bits per heavy atom. The summed E-state index contributed by atoms with van der Waals surface area (Å²) in [4.78, 5) is 21.3. The predicted octanol–water partition coefficient (Wildman–Crippen LogP) is 2.23. The topological polar surface area (TPSA) is 103 Å². The Hall–Kier alpha value is -2.64. The molecule has 1 aromatic carbocycles. The highest BCUT2D eigenvalue weighted by atomic mass is 16.6. The summed E-state index contributed by atoms with van der Waals surface area (Å²) in [5, 5.41) is 14.4. The first kappa shape index (κ1) is 16.4. The number of hydrogen-bond donors (Lipinski definition) is 1. The lowest BCUT2D eigenvalue weighted by molar-refractivity contribution is -0.384. The number of nitrogens with one attached hydrogen (secondary N) is 1. The number of nitro benzene ring substituents is 1. The summed E-state index contributed by atoms with van der Waals surface area (Å²) in [6.45, 7) is 4.10. The number of carbonyl (C=O) groups is 1. The minimum atomic E-state index is -0.668. The van der Waals surface area contributed by atoms with Gasteiger partial charge in [0.2, 0.25) is 5.90 Å². The van der Waals surface area contributed by atoms with Gasteiger partial charge in [-0.3, -0.25) is 10.1 Å². The van der Waals surface area contributed by atoms with Crippen LogP contribution in [0.15, 0.2) is 29.4 Å². The fourth-order valence-corrected chi connectivity index (χ4v) is 1.47. The lowest BCUT2D eigenvalue weighted by Crippen LogP contribution is -2.22. The SMILES string of the molecule is CCOC(=O)NN=C(Cc1ccc([N+](=O)[O-])cc1)OCC. The zero-order chi connectivity index (χ0) is 15.7. The lowest BCUT2D eigenvalue weighted by atomic mass is 10.1. The van der Waals surface area contributed by atoms with Crippen LogP contribution in [0.2, 0.25) is 0 Å². The zero-order valence-electron chi connectivity index (χ0n) is 11.9. The van der Waals surface area contributed by atoms with Crippen LogP contribution in [0, 0.1) is 10.1 Å². The number of rotatable bonds is 6. The average Bonchev–Trinajstić information content (AvgIpc) is 2.46. The van der Waals surface area contributed by atoms with Gasteiger partial charge in [0.1, 0.15) is 0 Å². The summed E-state index contributed by atoms with van der Waals surface area (Å²) in [5.41, 5.74) is 3.00. The normalized spacial score (nSPS) is 10.9. The molecule has 0 bridgehead atoms. The number of carbonyl (C=O) groups excluding carboxylic acids is 1. The van der Waals surface area contributed by atoms with Crippen LogP contribution in [0.4, 0.5) is 10.5 Å². The number of non-ortho nitro benzene ring substituents is 1. The Balaban J connectivity index is 2.70. The van der Waals surface area contributed by atoms with Crippen LogP contribution in [0.1, 0.15) is 19.4 Å². The summed E-state index contributed by atoms with van der Waals surface area (Å²) in [7, 11) is 0. The monoisotopic (exact) mass is 295 g/mol. The van der Waals surface area contributed by atoms with Crippen molar-refractivity contribution in [1.29, 1.82) is 0 Å². The molecule has 0 spiro atoms. The molecule has 0 saturated carbocycles. The average molecular weight is 295 g/mol. The third kappa shape index (κ3) is 5.89. The van der Waals surface area contributed by atoms with Gasteiger partial charge in [-0.2, -0.15) is 0 Å². The van der Waals surface area contributed by atoms with Crippen LogP contribution < -0.4 is 5.43 Å². The van der Waals surface area contributed by atoms with Gasteiger partial charge in [-0.15, -0.1) is 5.10 Å². The van der Waals surface area contributed by atoms with Crippen LogP contribution in [0.5, 0.6) is 0 Å². The molecule has 114 valence electrons. The van der Waals surface area contributed by atoms with Gasteiger partial charge in [0.15, 0.2) is 0 Å². The molecule has 1 N–H and O–H groups in total. The van der Waals surface area contributed by atoms with Gasteiger partial charge in [0, 0.05) is 12.1 Å². The molecule has 8 heteroatoms. The van der Waals surface area contributed by atoms with E-state index >= 15 is 0 Å². The third-order valence-electron chi connectivity index (χ3n) is 2.36. The Kier molecular flexibility index (Phi) is 6.66. The Morgan fingerprint density at radius 3 is 2.38 bits per heavy atom. The van der Waals surface area contributed by atoms with Gasteiger partial charge >= 0.3 is 6.09 Å². The number of nitro groups is 1. The lowest BCUT2D eigenvalue weighted by Gasteiger charge is -2.08. The van der Waals surface area contributed by atoms with Crippen molar-refractivity contribution in [3.8, 4) is 0 Å². The predicted molar refractivity (Wildman–Crippen MR) is 76.0 cm³/mol. The standard InChI is InChI=1S/C13H17N3O5/c1-3-20-12(14-15-13(17)21-4-2)9-10-5-7-11(8-6-10)16(18)19/h5-8H,3-4,9H2,1-2H3,(H,15,17). The molecule has 0 unspecified atom stereocenters. The molecule has 0 atom stereocenters. The van der Waals surface area contributed by atoms with Crippen LogP contribution in [0.25, 0.3) is 0 Å². The van der Waals surface area contributed by atoms with Gasteiger partial charge in [0.05, 0.1) is 24.6 Å². The molecule has 21 heavy (non-hydrogen) atoms. The second-order valence-electron chi connectivity index (χ2n) is 3.87. The molecule has 0 heterocycles. The number of ether oxygens (including phenoxy) is 2. The minimum absolute atomic E-state index is 0.0123. The van der Waals surface area contributed by atoms with E-state index in [4.69, 9.17) is 4.74 Å². The summed E-state index contributed by atoms with van der Waals surface area (Å²) in [5.74, 6) is 0.291. The first-order chi connectivity index (χ1) is 10.1. The second-order valence-corrected chi connectivity index (χ2v) is 3.87. The van der Waals surface area contributed by atoms with Gasteiger partial charge in [-0.25, -0.2) is 10.2 Å². The van der Waals surface area contributed by atoms with E-state index in [0.717, 1.165) is 5.56 Å². The Bertz CT molecular complexity index is 513. The van der Waals surface area contributed by atoms with Crippen molar-refractivity contribution < 1.29 is 19.2 Å². The molecular formula is C13H17N3O5. The highest BCUT2D eigenvalue weighted by molar-refractivity contribution is 5.80. The van der Waals surface area contributed by atoms with E-state index in [2.05, 4.69) is 15.3 Å². The molecule has 0 saturated heterocycles. The summed E-state index contributed by atoms with van der Waals surface area (Å²) in [6, 6.07) is 6.02. The maximum atomic E-state index is 11.2. The summed E-state index contributed by atoms with van der Waals surface area (Å²) < 4.78 is 9.97. The van der Waals surface area contributed by atoms with Gasteiger partial charge < -0.3 is 9.47 Å². The molecule has 0 aromatic heterocycles. The maximum Gasteiger partial charge on any atom is 0.427 e. The van der Waals surface area contributed by atoms with Crippen molar-refractivity contribution in [2.24, 2.45) is 5.10 Å². The molecule has 0 radical (unpaired) electrons. The largest absolute Gasteiger partial charge is 0.480 e. The number of nitrogens with zero attached hydrogens (tertiary/aromatic N) is 2. The van der Waals surface area contributed by atoms with E-state index in [-0.39, 0.29) is 12.3 Å². The summed E-state index contributed by atoms with van der Waals surface area (Å²) >= 11 is 0. The van der Waals surface area contributed by atoms with E-state index in [0.29, 0.717) is 18.9 Å². The number of hydrogen-bond acceptors (Lipinski definition) is 6. The van der Waals surface area contributed by atoms with E-state index in [1.54, 1.807) is 26.0 Å². The molecule has 0 aliphatic carbocycles. The van der Waals surface area contributed by atoms with Crippen molar-refractivity contribution in [3.63, 3.8) is 0 Å². The van der Waals surface area contributed by atoms with Crippen LogP contribution in [-0.2, 0) is 15.9 Å². The molecule has 1 aromatic rings. The highest BCUT2D eigenvalue weighted by Gasteiger charge is 2.08. The van der Waals surface area contributed by atoms with E-state index in [9.17, 15) is 14.9 Å². The fourth-order valence-electron chi connectivity index (χ4n) is 1.47. The van der Waals surface area contributed by atoms with Crippen LogP contribution >= 0.6 is 0 Å². The molecule has 0 aliphatic rings. The van der Waals surface area contributed by atoms with Crippen molar-refractivity contribution in [3.05, 3.63) is 39.9 Å². The summed E-state index contributed by atoms with van der Waals surface area (Å²) in [6.07, 6.45) is -0.364. The van der Waals surface area contributed by atoms with E-state index in [1.165, 1.54) is 12.1 Å². The number of amides is 1. The van der Waals surface area contributed by atoms with Crippen molar-refractivity contribution in [1.82, 2.24) is 5.43 Å². The smallest absolute Gasteiger partial charge is 0.427 e. The Morgan fingerprint density at radius 2 is 1.86 bits per heavy atom. The number of hydrazone groups is 1. The third-order valence-corrected chi connectivity index (χ3v) is 2.36. The molecule has 0 aliphatic heterocycles.